The Labute approximate surface area is 121 Å². The molecule has 1 fully saturated rings. The summed E-state index contributed by atoms with van der Waals surface area (Å²) in [5, 5.41) is 0. The van der Waals surface area contributed by atoms with Gasteiger partial charge in [-0.3, -0.25) is 4.40 Å². The fourth-order valence-corrected chi connectivity index (χ4v) is 3.40. The molecule has 3 heteroatoms. The van der Waals surface area contributed by atoms with Crippen LogP contribution in [0.4, 0.5) is 0 Å². The van der Waals surface area contributed by atoms with Crippen LogP contribution in [0.1, 0.15) is 64.3 Å². The highest BCUT2D eigenvalue weighted by Gasteiger charge is 2.26. The smallest absolute Gasteiger partial charge is 0.234 e. The van der Waals surface area contributed by atoms with E-state index in [0.717, 1.165) is 18.1 Å². The second-order valence-corrected chi connectivity index (χ2v) is 7.15. The zero-order valence-electron chi connectivity index (χ0n) is 12.9. The molecule has 3 rings (SSSR count). The molecular formula is C17H25N3. The second kappa shape index (κ2) is 5.19. The summed E-state index contributed by atoms with van der Waals surface area (Å²) in [6.45, 7) is 6.75. The minimum Gasteiger partial charge on any atom is -0.288 e. The van der Waals surface area contributed by atoms with E-state index < -0.39 is 0 Å². The van der Waals surface area contributed by atoms with Crippen molar-refractivity contribution in [3.8, 4) is 0 Å². The molecule has 0 saturated heterocycles. The van der Waals surface area contributed by atoms with Crippen LogP contribution in [0.15, 0.2) is 18.5 Å². The Morgan fingerprint density at radius 1 is 1.20 bits per heavy atom. The van der Waals surface area contributed by atoms with Gasteiger partial charge in [0.25, 0.3) is 0 Å². The summed E-state index contributed by atoms with van der Waals surface area (Å²) in [5.41, 5.74) is 2.69. The van der Waals surface area contributed by atoms with Crippen molar-refractivity contribution in [1.29, 1.82) is 0 Å². The SMILES string of the molecule is CC(C)(C)c1nc2ncccn2c1CC1CCCCC1. The van der Waals surface area contributed by atoms with Gasteiger partial charge in [0.1, 0.15) is 0 Å². The average molecular weight is 271 g/mol. The van der Waals surface area contributed by atoms with Crippen LogP contribution in [0.25, 0.3) is 5.78 Å². The van der Waals surface area contributed by atoms with E-state index in [4.69, 9.17) is 4.98 Å². The highest BCUT2D eigenvalue weighted by atomic mass is 15.1. The Balaban J connectivity index is 2.01. The standard InChI is InChI=1S/C17H25N3/c1-17(2,3)15-14(12-13-8-5-4-6-9-13)20-11-7-10-18-16(20)19-15/h7,10-11,13H,4-6,8-9,12H2,1-3H3. The predicted molar refractivity (Wildman–Crippen MR) is 82.0 cm³/mol. The van der Waals surface area contributed by atoms with Gasteiger partial charge >= 0.3 is 0 Å². The maximum Gasteiger partial charge on any atom is 0.234 e. The van der Waals surface area contributed by atoms with Gasteiger partial charge in [0, 0.05) is 23.5 Å². The molecule has 0 amide bonds. The summed E-state index contributed by atoms with van der Waals surface area (Å²) >= 11 is 0. The first kappa shape index (κ1) is 13.6. The summed E-state index contributed by atoms with van der Waals surface area (Å²) in [5.74, 6) is 1.67. The summed E-state index contributed by atoms with van der Waals surface area (Å²) in [6.07, 6.45) is 12.0. The molecule has 0 spiro atoms. The molecule has 0 unspecified atom stereocenters. The van der Waals surface area contributed by atoms with Crippen molar-refractivity contribution in [3.05, 3.63) is 29.8 Å². The van der Waals surface area contributed by atoms with Crippen LogP contribution in [-0.4, -0.2) is 14.4 Å². The lowest BCUT2D eigenvalue weighted by Gasteiger charge is -2.24. The molecule has 2 aromatic heterocycles. The minimum atomic E-state index is 0.0811. The number of nitrogens with zero attached hydrogens (tertiary/aromatic N) is 3. The van der Waals surface area contributed by atoms with Gasteiger partial charge in [-0.05, 0) is 18.4 Å². The Morgan fingerprint density at radius 3 is 2.65 bits per heavy atom. The van der Waals surface area contributed by atoms with Gasteiger partial charge in [0.05, 0.1) is 5.69 Å². The fraction of sp³-hybridized carbons (Fsp3) is 0.647. The Kier molecular flexibility index (Phi) is 3.53. The zero-order chi connectivity index (χ0) is 14.2. The van der Waals surface area contributed by atoms with Gasteiger partial charge in [0.2, 0.25) is 5.78 Å². The Morgan fingerprint density at radius 2 is 1.95 bits per heavy atom. The van der Waals surface area contributed by atoms with Crippen LogP contribution >= 0.6 is 0 Å². The minimum absolute atomic E-state index is 0.0811. The van der Waals surface area contributed by atoms with Crippen molar-refractivity contribution < 1.29 is 0 Å². The Bertz CT molecular complexity index is 586. The number of hydrogen-bond donors (Lipinski definition) is 0. The lowest BCUT2D eigenvalue weighted by Crippen LogP contribution is -2.18. The van der Waals surface area contributed by atoms with Gasteiger partial charge in [-0.1, -0.05) is 52.9 Å². The van der Waals surface area contributed by atoms with Crippen molar-refractivity contribution in [1.82, 2.24) is 14.4 Å². The maximum atomic E-state index is 4.80. The third kappa shape index (κ3) is 2.58. The van der Waals surface area contributed by atoms with E-state index in [1.807, 2.05) is 12.3 Å². The lowest BCUT2D eigenvalue weighted by atomic mass is 9.83. The molecule has 20 heavy (non-hydrogen) atoms. The molecule has 2 heterocycles. The summed E-state index contributed by atoms with van der Waals surface area (Å²) in [4.78, 5) is 9.22. The van der Waals surface area contributed by atoms with Crippen LogP contribution in [0.5, 0.6) is 0 Å². The largest absolute Gasteiger partial charge is 0.288 e. The van der Waals surface area contributed by atoms with Crippen molar-refractivity contribution in [2.24, 2.45) is 5.92 Å². The number of rotatable bonds is 2. The molecule has 0 bridgehead atoms. The molecule has 0 atom stereocenters. The molecule has 1 aliphatic carbocycles. The van der Waals surface area contributed by atoms with E-state index >= 15 is 0 Å². The van der Waals surface area contributed by atoms with Crippen molar-refractivity contribution in [3.63, 3.8) is 0 Å². The topological polar surface area (TPSA) is 30.2 Å². The van der Waals surface area contributed by atoms with Crippen LogP contribution in [0.3, 0.4) is 0 Å². The summed E-state index contributed by atoms with van der Waals surface area (Å²) < 4.78 is 2.20. The molecule has 0 N–H and O–H groups in total. The molecule has 108 valence electrons. The van der Waals surface area contributed by atoms with Crippen molar-refractivity contribution in [2.45, 2.75) is 64.7 Å². The molecule has 2 aromatic rings. The molecule has 0 aromatic carbocycles. The zero-order valence-corrected chi connectivity index (χ0v) is 12.9. The van der Waals surface area contributed by atoms with Crippen LogP contribution in [0.2, 0.25) is 0 Å². The number of fused-ring (bicyclic) bond motifs is 1. The van der Waals surface area contributed by atoms with Gasteiger partial charge in [-0.25, -0.2) is 9.97 Å². The normalized spacial score (nSPS) is 17.8. The second-order valence-electron chi connectivity index (χ2n) is 7.15. The lowest BCUT2D eigenvalue weighted by molar-refractivity contribution is 0.351. The first-order chi connectivity index (χ1) is 9.55. The van der Waals surface area contributed by atoms with Gasteiger partial charge in [-0.2, -0.15) is 0 Å². The molecule has 0 radical (unpaired) electrons. The predicted octanol–water partition coefficient (Wildman–Crippen LogP) is 4.15. The monoisotopic (exact) mass is 271 g/mol. The van der Waals surface area contributed by atoms with Crippen molar-refractivity contribution >= 4 is 5.78 Å². The molecule has 0 aliphatic heterocycles. The summed E-state index contributed by atoms with van der Waals surface area (Å²) in [7, 11) is 0. The van der Waals surface area contributed by atoms with Crippen molar-refractivity contribution in [2.75, 3.05) is 0 Å². The highest BCUT2D eigenvalue weighted by molar-refractivity contribution is 5.38. The van der Waals surface area contributed by atoms with Crippen LogP contribution < -0.4 is 0 Å². The van der Waals surface area contributed by atoms with E-state index in [2.05, 4.69) is 36.4 Å². The highest BCUT2D eigenvalue weighted by Crippen LogP contribution is 2.32. The third-order valence-electron chi connectivity index (χ3n) is 4.42. The van der Waals surface area contributed by atoms with E-state index in [0.29, 0.717) is 0 Å². The molecular weight excluding hydrogens is 246 g/mol. The van der Waals surface area contributed by atoms with E-state index in [-0.39, 0.29) is 5.41 Å². The van der Waals surface area contributed by atoms with Crippen LogP contribution in [0, 0.1) is 5.92 Å². The van der Waals surface area contributed by atoms with E-state index in [1.54, 1.807) is 0 Å². The maximum absolute atomic E-state index is 4.80. The first-order valence-electron chi connectivity index (χ1n) is 7.88. The number of imidazole rings is 1. The Hall–Kier alpha value is -1.38. The molecule has 1 aliphatic rings. The van der Waals surface area contributed by atoms with E-state index in [1.165, 1.54) is 43.5 Å². The first-order valence-corrected chi connectivity index (χ1v) is 7.88. The quantitative estimate of drug-likeness (QED) is 0.821. The average Bonchev–Trinajstić information content (AvgIpc) is 2.79. The molecule has 3 nitrogen and oxygen atoms in total. The van der Waals surface area contributed by atoms with Gasteiger partial charge < -0.3 is 0 Å². The van der Waals surface area contributed by atoms with Crippen LogP contribution in [-0.2, 0) is 11.8 Å². The molecule has 1 saturated carbocycles. The number of aromatic nitrogens is 3. The van der Waals surface area contributed by atoms with Gasteiger partial charge in [0.15, 0.2) is 0 Å². The third-order valence-corrected chi connectivity index (χ3v) is 4.42. The van der Waals surface area contributed by atoms with Gasteiger partial charge in [-0.15, -0.1) is 0 Å². The fourth-order valence-electron chi connectivity index (χ4n) is 3.40. The number of hydrogen-bond acceptors (Lipinski definition) is 2. The van der Waals surface area contributed by atoms with E-state index in [9.17, 15) is 0 Å². The summed E-state index contributed by atoms with van der Waals surface area (Å²) in [6, 6.07) is 2.01.